The molecule has 3 rings (SSSR count). The summed E-state index contributed by atoms with van der Waals surface area (Å²) in [5, 5.41) is 3.55. The van der Waals surface area contributed by atoms with Gasteiger partial charge in [0.2, 0.25) is 0 Å². The van der Waals surface area contributed by atoms with Crippen LogP contribution in [-0.4, -0.2) is 36.1 Å². The summed E-state index contributed by atoms with van der Waals surface area (Å²) in [6.07, 6.45) is 0. The van der Waals surface area contributed by atoms with Crippen molar-refractivity contribution < 1.29 is 9.53 Å². The summed E-state index contributed by atoms with van der Waals surface area (Å²) in [6, 6.07) is 17.1. The molecule has 116 valence electrons. The Kier molecular flexibility index (Phi) is 4.59. The Balaban J connectivity index is 2.06. The summed E-state index contributed by atoms with van der Waals surface area (Å²) in [5.41, 5.74) is 2.01. The van der Waals surface area contributed by atoms with E-state index in [1.165, 1.54) is 0 Å². The van der Waals surface area contributed by atoms with Crippen LogP contribution in [0, 0.1) is 0 Å². The zero-order valence-electron chi connectivity index (χ0n) is 12.8. The van der Waals surface area contributed by atoms with Crippen LogP contribution in [0.4, 0.5) is 0 Å². The first-order valence-electron chi connectivity index (χ1n) is 7.39. The molecule has 1 amide bonds. The number of carbonyl (C=O) groups excluding carboxylic acids is 1. The summed E-state index contributed by atoms with van der Waals surface area (Å²) in [5.74, 6) is 0.319. The van der Waals surface area contributed by atoms with Crippen molar-refractivity contribution in [3.63, 3.8) is 0 Å². The fourth-order valence-corrected chi connectivity index (χ4v) is 2.32. The number of carbonyl (C=O) groups is 1. The predicted octanol–water partition coefficient (Wildman–Crippen LogP) is 2.67. The molecule has 0 saturated carbocycles. The molecule has 0 saturated heterocycles. The second kappa shape index (κ2) is 6.98. The number of fused-ring (bicyclic) bond motifs is 1. The Labute approximate surface area is 134 Å². The molecule has 1 aromatic heterocycles. The Bertz CT molecular complexity index is 819. The van der Waals surface area contributed by atoms with Crippen LogP contribution in [0.25, 0.3) is 22.3 Å². The molecule has 0 atom stereocenters. The van der Waals surface area contributed by atoms with Crippen LogP contribution in [0.15, 0.2) is 54.6 Å². The Hall–Kier alpha value is -2.79. The largest absolute Gasteiger partial charge is 0.383 e. The molecule has 2 aromatic carbocycles. The van der Waals surface area contributed by atoms with Gasteiger partial charge in [-0.1, -0.05) is 48.5 Å². The van der Waals surface area contributed by atoms with E-state index in [9.17, 15) is 4.79 Å². The van der Waals surface area contributed by atoms with Crippen LogP contribution < -0.4 is 5.32 Å². The van der Waals surface area contributed by atoms with Crippen LogP contribution in [0.2, 0.25) is 0 Å². The van der Waals surface area contributed by atoms with E-state index < -0.39 is 0 Å². The fraction of sp³-hybridized carbons (Fsp3) is 0.167. The summed E-state index contributed by atoms with van der Waals surface area (Å²) in [4.78, 5) is 21.5. The molecule has 3 aromatic rings. The average Bonchev–Trinajstić information content (AvgIpc) is 2.61. The van der Waals surface area contributed by atoms with Gasteiger partial charge in [-0.25, -0.2) is 9.97 Å². The molecule has 5 heteroatoms. The average molecular weight is 307 g/mol. The van der Waals surface area contributed by atoms with Crippen molar-refractivity contribution in [1.82, 2.24) is 15.3 Å². The lowest BCUT2D eigenvalue weighted by molar-refractivity contribution is 0.0934. The van der Waals surface area contributed by atoms with Crippen LogP contribution in [-0.2, 0) is 4.74 Å². The van der Waals surface area contributed by atoms with Crippen molar-refractivity contribution >= 4 is 16.8 Å². The maximum Gasteiger partial charge on any atom is 0.270 e. The van der Waals surface area contributed by atoms with Crippen LogP contribution in [0.5, 0.6) is 0 Å². The van der Waals surface area contributed by atoms with Gasteiger partial charge in [0.25, 0.3) is 5.91 Å². The third-order valence-corrected chi connectivity index (χ3v) is 3.44. The van der Waals surface area contributed by atoms with Crippen molar-refractivity contribution in [2.75, 3.05) is 20.3 Å². The SMILES string of the molecule is COCCNC(=O)c1nc(-c2ccccc2)nc2ccccc12. The van der Waals surface area contributed by atoms with Crippen LogP contribution in [0.1, 0.15) is 10.5 Å². The highest BCUT2D eigenvalue weighted by atomic mass is 16.5. The summed E-state index contributed by atoms with van der Waals surface area (Å²) < 4.78 is 4.96. The first-order valence-corrected chi connectivity index (χ1v) is 7.39. The number of hydrogen-bond donors (Lipinski definition) is 1. The number of methoxy groups -OCH3 is 1. The number of para-hydroxylation sites is 1. The van der Waals surface area contributed by atoms with Crippen molar-refractivity contribution in [2.45, 2.75) is 0 Å². The van der Waals surface area contributed by atoms with Gasteiger partial charge in [-0.2, -0.15) is 0 Å². The molecule has 23 heavy (non-hydrogen) atoms. The normalized spacial score (nSPS) is 10.7. The van der Waals surface area contributed by atoms with Gasteiger partial charge in [0.05, 0.1) is 12.1 Å². The molecule has 0 spiro atoms. The van der Waals surface area contributed by atoms with Crippen molar-refractivity contribution in [3.8, 4) is 11.4 Å². The molecule has 0 radical (unpaired) electrons. The lowest BCUT2D eigenvalue weighted by atomic mass is 10.1. The number of rotatable bonds is 5. The molecular weight excluding hydrogens is 290 g/mol. The van der Waals surface area contributed by atoms with Gasteiger partial charge in [0, 0.05) is 24.6 Å². The highest BCUT2D eigenvalue weighted by Crippen LogP contribution is 2.21. The number of aromatic nitrogens is 2. The lowest BCUT2D eigenvalue weighted by Crippen LogP contribution is -2.28. The van der Waals surface area contributed by atoms with E-state index in [-0.39, 0.29) is 5.91 Å². The van der Waals surface area contributed by atoms with Gasteiger partial charge < -0.3 is 10.1 Å². The molecule has 1 heterocycles. The lowest BCUT2D eigenvalue weighted by Gasteiger charge is -2.09. The smallest absolute Gasteiger partial charge is 0.270 e. The van der Waals surface area contributed by atoms with E-state index in [1.54, 1.807) is 7.11 Å². The summed E-state index contributed by atoms with van der Waals surface area (Å²) in [7, 11) is 1.60. The number of ether oxygens (including phenoxy) is 1. The standard InChI is InChI=1S/C18H17N3O2/c1-23-12-11-19-18(22)16-14-9-5-6-10-15(14)20-17(21-16)13-7-3-2-4-8-13/h2-10H,11-12H2,1H3,(H,19,22). The van der Waals surface area contributed by atoms with Gasteiger partial charge in [-0.05, 0) is 6.07 Å². The quantitative estimate of drug-likeness (QED) is 0.736. The van der Waals surface area contributed by atoms with Crippen molar-refractivity contribution in [2.24, 2.45) is 0 Å². The van der Waals surface area contributed by atoms with E-state index in [4.69, 9.17) is 4.74 Å². The molecule has 5 nitrogen and oxygen atoms in total. The molecule has 0 aliphatic heterocycles. The highest BCUT2D eigenvalue weighted by molar-refractivity contribution is 6.04. The first-order chi connectivity index (χ1) is 11.3. The Morgan fingerprint density at radius 2 is 1.78 bits per heavy atom. The monoisotopic (exact) mass is 307 g/mol. The molecular formula is C18H17N3O2. The third kappa shape index (κ3) is 3.35. The van der Waals surface area contributed by atoms with Gasteiger partial charge in [-0.15, -0.1) is 0 Å². The maximum absolute atomic E-state index is 12.5. The third-order valence-electron chi connectivity index (χ3n) is 3.44. The second-order valence-electron chi connectivity index (χ2n) is 5.03. The second-order valence-corrected chi connectivity index (χ2v) is 5.03. The van der Waals surface area contributed by atoms with Gasteiger partial charge >= 0.3 is 0 Å². The van der Waals surface area contributed by atoms with Crippen molar-refractivity contribution in [1.29, 1.82) is 0 Å². The van der Waals surface area contributed by atoms with Gasteiger partial charge in [0.1, 0.15) is 5.69 Å². The predicted molar refractivity (Wildman–Crippen MR) is 89.2 cm³/mol. The molecule has 0 unspecified atom stereocenters. The van der Waals surface area contributed by atoms with Crippen LogP contribution in [0.3, 0.4) is 0 Å². The molecule has 0 aliphatic carbocycles. The Morgan fingerprint density at radius 1 is 1.04 bits per heavy atom. The van der Waals surface area contributed by atoms with Gasteiger partial charge in [-0.3, -0.25) is 4.79 Å². The number of hydrogen-bond acceptors (Lipinski definition) is 4. The summed E-state index contributed by atoms with van der Waals surface area (Å²) in [6.45, 7) is 0.897. The highest BCUT2D eigenvalue weighted by Gasteiger charge is 2.15. The number of nitrogens with zero attached hydrogens (tertiary/aromatic N) is 2. The van der Waals surface area contributed by atoms with E-state index >= 15 is 0 Å². The van der Waals surface area contributed by atoms with E-state index in [0.717, 1.165) is 16.5 Å². The molecule has 0 bridgehead atoms. The number of nitrogens with one attached hydrogen (secondary N) is 1. The zero-order valence-corrected chi connectivity index (χ0v) is 12.8. The fourth-order valence-electron chi connectivity index (χ4n) is 2.32. The minimum Gasteiger partial charge on any atom is -0.383 e. The van der Waals surface area contributed by atoms with Gasteiger partial charge in [0.15, 0.2) is 5.82 Å². The topological polar surface area (TPSA) is 64.1 Å². The van der Waals surface area contributed by atoms with Crippen molar-refractivity contribution in [3.05, 3.63) is 60.3 Å². The molecule has 0 fully saturated rings. The molecule has 0 aliphatic rings. The Morgan fingerprint density at radius 3 is 2.57 bits per heavy atom. The zero-order chi connectivity index (χ0) is 16.1. The van der Waals surface area contributed by atoms with E-state index in [0.29, 0.717) is 24.7 Å². The summed E-state index contributed by atoms with van der Waals surface area (Å²) >= 11 is 0. The first kappa shape index (κ1) is 15.1. The van der Waals surface area contributed by atoms with E-state index in [2.05, 4.69) is 15.3 Å². The number of amides is 1. The number of benzene rings is 2. The molecule has 1 N–H and O–H groups in total. The van der Waals surface area contributed by atoms with Crippen LogP contribution >= 0.6 is 0 Å². The minimum atomic E-state index is -0.224. The van der Waals surface area contributed by atoms with E-state index in [1.807, 2.05) is 54.6 Å². The minimum absolute atomic E-state index is 0.224. The maximum atomic E-state index is 12.5.